The van der Waals surface area contributed by atoms with Gasteiger partial charge < -0.3 is 15.8 Å². The molecule has 1 amide bonds. The second-order valence-electron chi connectivity index (χ2n) is 4.01. The van der Waals surface area contributed by atoms with Crippen LogP contribution in [0.4, 0.5) is 4.79 Å². The van der Waals surface area contributed by atoms with Crippen molar-refractivity contribution in [3.05, 3.63) is 0 Å². The number of nitrogens with two attached hydrogens (primary N) is 1. The van der Waals surface area contributed by atoms with Gasteiger partial charge in [0, 0.05) is 0 Å². The Hall–Kier alpha value is -0.840. The third-order valence-corrected chi connectivity index (χ3v) is 1.73. The molecule has 0 spiro atoms. The molecule has 5 heteroatoms. The fraction of sp³-hybridized carbons (Fsp3) is 0.778. The fourth-order valence-electron chi connectivity index (χ4n) is 0.824. The quantitative estimate of drug-likeness (QED) is 0.706. The topological polar surface area (TPSA) is 64.3 Å². The van der Waals surface area contributed by atoms with Gasteiger partial charge in [-0.05, 0) is 27.2 Å². The lowest BCUT2D eigenvalue weighted by Gasteiger charge is -2.22. The van der Waals surface area contributed by atoms with E-state index in [2.05, 4.69) is 5.32 Å². The van der Waals surface area contributed by atoms with Gasteiger partial charge in [0.25, 0.3) is 0 Å². The Labute approximate surface area is 90.2 Å². The average Bonchev–Trinajstić information content (AvgIpc) is 1.96. The van der Waals surface area contributed by atoms with Crippen molar-refractivity contribution in [1.82, 2.24) is 5.32 Å². The minimum Gasteiger partial charge on any atom is -0.444 e. The Bertz CT molecular complexity index is 223. The van der Waals surface area contributed by atoms with Gasteiger partial charge in [-0.25, -0.2) is 4.79 Å². The number of hydrogen-bond acceptors (Lipinski definition) is 3. The number of thiocarbonyl (C=S) groups is 1. The molecule has 0 aromatic rings. The highest BCUT2D eigenvalue weighted by atomic mass is 32.1. The zero-order valence-electron chi connectivity index (χ0n) is 9.09. The van der Waals surface area contributed by atoms with Crippen molar-refractivity contribution in [3.8, 4) is 0 Å². The molecule has 0 heterocycles. The first-order valence-electron chi connectivity index (χ1n) is 4.55. The van der Waals surface area contributed by atoms with Gasteiger partial charge in [-0.15, -0.1) is 0 Å². The van der Waals surface area contributed by atoms with E-state index in [1.807, 2.05) is 6.92 Å². The molecular formula is C9H18N2O2S. The molecule has 14 heavy (non-hydrogen) atoms. The van der Waals surface area contributed by atoms with E-state index in [1.165, 1.54) is 0 Å². The Balaban J connectivity index is 4.11. The molecule has 0 aromatic heterocycles. The summed E-state index contributed by atoms with van der Waals surface area (Å²) < 4.78 is 5.05. The highest BCUT2D eigenvalue weighted by Gasteiger charge is 2.19. The molecule has 0 aliphatic carbocycles. The molecule has 0 aliphatic heterocycles. The highest BCUT2D eigenvalue weighted by molar-refractivity contribution is 7.80. The molecule has 82 valence electrons. The van der Waals surface area contributed by atoms with E-state index in [4.69, 9.17) is 22.7 Å². The first-order chi connectivity index (χ1) is 6.26. The van der Waals surface area contributed by atoms with Crippen LogP contribution >= 0.6 is 12.2 Å². The van der Waals surface area contributed by atoms with Crippen LogP contribution in [0.2, 0.25) is 0 Å². The first-order valence-corrected chi connectivity index (χ1v) is 4.96. The summed E-state index contributed by atoms with van der Waals surface area (Å²) in [6, 6.07) is -0.292. The molecule has 3 N–H and O–H groups in total. The molecule has 0 aromatic carbocycles. The van der Waals surface area contributed by atoms with Crippen LogP contribution in [0.3, 0.4) is 0 Å². The monoisotopic (exact) mass is 218 g/mol. The lowest BCUT2D eigenvalue weighted by atomic mass is 10.2. The number of nitrogens with one attached hydrogen (secondary N) is 1. The Morgan fingerprint density at radius 2 is 2.07 bits per heavy atom. The maximum Gasteiger partial charge on any atom is 0.408 e. The maximum atomic E-state index is 11.3. The Morgan fingerprint density at radius 1 is 1.57 bits per heavy atom. The number of ether oxygens (including phenoxy) is 1. The minimum absolute atomic E-state index is 0.276. The van der Waals surface area contributed by atoms with Crippen molar-refractivity contribution in [2.75, 3.05) is 0 Å². The largest absolute Gasteiger partial charge is 0.444 e. The Morgan fingerprint density at radius 3 is 2.36 bits per heavy atom. The standard InChI is InChI=1S/C9H18N2O2S/c1-5-6(7(10)14)11-8(12)13-9(2,3)4/h6H,5H2,1-4H3,(H2,10,14)(H,11,12)/t6-/m1/s1. The van der Waals surface area contributed by atoms with E-state index >= 15 is 0 Å². The van der Waals surface area contributed by atoms with Gasteiger partial charge >= 0.3 is 6.09 Å². The van der Waals surface area contributed by atoms with Gasteiger partial charge in [-0.1, -0.05) is 19.1 Å². The van der Waals surface area contributed by atoms with Gasteiger partial charge in [-0.3, -0.25) is 0 Å². The van der Waals surface area contributed by atoms with Crippen LogP contribution in [0.5, 0.6) is 0 Å². The van der Waals surface area contributed by atoms with E-state index in [-0.39, 0.29) is 11.0 Å². The second-order valence-corrected chi connectivity index (χ2v) is 4.48. The fourth-order valence-corrected chi connectivity index (χ4v) is 1.05. The van der Waals surface area contributed by atoms with Crippen molar-refractivity contribution >= 4 is 23.3 Å². The predicted molar refractivity (Wildman–Crippen MR) is 60.2 cm³/mol. The number of alkyl carbamates (subject to hydrolysis) is 1. The number of carbonyl (C=O) groups excluding carboxylic acids is 1. The smallest absolute Gasteiger partial charge is 0.408 e. The molecule has 0 bridgehead atoms. The minimum atomic E-state index is -0.501. The number of carbonyl (C=O) groups is 1. The predicted octanol–water partition coefficient (Wildman–Crippen LogP) is 1.58. The third kappa shape index (κ3) is 5.75. The van der Waals surface area contributed by atoms with Crippen molar-refractivity contribution in [1.29, 1.82) is 0 Å². The zero-order chi connectivity index (χ0) is 11.4. The van der Waals surface area contributed by atoms with Gasteiger partial charge in [-0.2, -0.15) is 0 Å². The van der Waals surface area contributed by atoms with Crippen LogP contribution in [-0.4, -0.2) is 22.7 Å². The van der Waals surface area contributed by atoms with Crippen molar-refractivity contribution in [3.63, 3.8) is 0 Å². The van der Waals surface area contributed by atoms with Crippen molar-refractivity contribution in [2.45, 2.75) is 45.8 Å². The average molecular weight is 218 g/mol. The van der Waals surface area contributed by atoms with Gasteiger partial charge in [0.05, 0.1) is 11.0 Å². The maximum absolute atomic E-state index is 11.3. The summed E-state index contributed by atoms with van der Waals surface area (Å²) in [7, 11) is 0. The highest BCUT2D eigenvalue weighted by Crippen LogP contribution is 2.07. The molecule has 0 aliphatic rings. The van der Waals surface area contributed by atoms with E-state index in [9.17, 15) is 4.79 Å². The summed E-state index contributed by atoms with van der Waals surface area (Å²) in [5, 5.41) is 2.60. The van der Waals surface area contributed by atoms with Crippen LogP contribution < -0.4 is 11.1 Å². The summed E-state index contributed by atoms with van der Waals surface area (Å²) in [5.41, 5.74) is 4.92. The molecule has 4 nitrogen and oxygen atoms in total. The lowest BCUT2D eigenvalue weighted by Crippen LogP contribution is -2.45. The molecule has 0 saturated carbocycles. The first kappa shape index (κ1) is 13.2. The molecular weight excluding hydrogens is 200 g/mol. The molecule has 0 saturated heterocycles. The van der Waals surface area contributed by atoms with Crippen LogP contribution in [0.15, 0.2) is 0 Å². The van der Waals surface area contributed by atoms with Crippen LogP contribution in [0.25, 0.3) is 0 Å². The number of rotatable bonds is 3. The summed E-state index contributed by atoms with van der Waals surface area (Å²) in [4.78, 5) is 11.6. The van der Waals surface area contributed by atoms with E-state index in [0.717, 1.165) is 0 Å². The second kappa shape index (κ2) is 5.14. The number of amides is 1. The molecule has 0 unspecified atom stereocenters. The molecule has 0 rings (SSSR count). The molecule has 0 radical (unpaired) electrons. The van der Waals surface area contributed by atoms with E-state index in [1.54, 1.807) is 20.8 Å². The van der Waals surface area contributed by atoms with Crippen molar-refractivity contribution in [2.24, 2.45) is 5.73 Å². The van der Waals surface area contributed by atoms with Crippen LogP contribution in [-0.2, 0) is 4.74 Å². The zero-order valence-corrected chi connectivity index (χ0v) is 9.90. The summed E-state index contributed by atoms with van der Waals surface area (Å²) >= 11 is 4.78. The number of hydrogen-bond donors (Lipinski definition) is 2. The molecule has 0 fully saturated rings. The van der Waals surface area contributed by atoms with Gasteiger partial charge in [0.15, 0.2) is 0 Å². The van der Waals surface area contributed by atoms with Crippen LogP contribution in [0, 0.1) is 0 Å². The summed E-state index contributed by atoms with van der Waals surface area (Å²) in [6.45, 7) is 7.29. The normalized spacial score (nSPS) is 13.1. The van der Waals surface area contributed by atoms with E-state index < -0.39 is 11.7 Å². The summed E-state index contributed by atoms with van der Waals surface area (Å²) in [5.74, 6) is 0. The lowest BCUT2D eigenvalue weighted by molar-refractivity contribution is 0.0517. The van der Waals surface area contributed by atoms with Gasteiger partial charge in [0.2, 0.25) is 0 Å². The van der Waals surface area contributed by atoms with Crippen LogP contribution in [0.1, 0.15) is 34.1 Å². The third-order valence-electron chi connectivity index (χ3n) is 1.44. The SMILES string of the molecule is CC[C@@H](NC(=O)OC(C)(C)C)C(N)=S. The van der Waals surface area contributed by atoms with Gasteiger partial charge in [0.1, 0.15) is 5.60 Å². The van der Waals surface area contributed by atoms with E-state index in [0.29, 0.717) is 6.42 Å². The Kier molecular flexibility index (Phi) is 4.83. The molecule has 1 atom stereocenters. The van der Waals surface area contributed by atoms with Crippen molar-refractivity contribution < 1.29 is 9.53 Å². The summed E-state index contributed by atoms with van der Waals surface area (Å²) in [6.07, 6.45) is 0.173.